The fourth-order valence-corrected chi connectivity index (χ4v) is 1.78. The minimum absolute atomic E-state index is 0.0978. The topological polar surface area (TPSA) is 27.7 Å². The molecule has 0 aromatic heterocycles. The van der Waals surface area contributed by atoms with Gasteiger partial charge in [-0.15, -0.1) is 0 Å². The SMILES string of the molecule is COCCOCCO[SiH2][SiH3]. The number of rotatable bonds is 7. The highest BCUT2D eigenvalue weighted by molar-refractivity contribution is 6.85. The molecule has 0 aromatic carbocycles. The molecule has 0 atom stereocenters. The summed E-state index contributed by atoms with van der Waals surface area (Å²) in [6.07, 6.45) is 0. The van der Waals surface area contributed by atoms with Crippen LogP contribution in [0.1, 0.15) is 0 Å². The highest BCUT2D eigenvalue weighted by Gasteiger charge is 1.86. The lowest BCUT2D eigenvalue weighted by molar-refractivity contribution is 0.0555. The maximum Gasteiger partial charge on any atom is 0.139 e. The summed E-state index contributed by atoms with van der Waals surface area (Å²) in [6, 6.07) is 0. The third-order valence-corrected chi connectivity index (χ3v) is 2.93. The molecule has 0 saturated carbocycles. The van der Waals surface area contributed by atoms with Crippen LogP contribution in [0.25, 0.3) is 0 Å². The van der Waals surface area contributed by atoms with E-state index in [0.29, 0.717) is 13.2 Å². The average Bonchev–Trinajstić information content (AvgIpc) is 1.97. The summed E-state index contributed by atoms with van der Waals surface area (Å²) in [6.45, 7) is 2.86. The Kier molecular flexibility index (Phi) is 9.61. The van der Waals surface area contributed by atoms with Crippen LogP contribution in [0.3, 0.4) is 0 Å². The van der Waals surface area contributed by atoms with Gasteiger partial charge in [0.05, 0.1) is 26.4 Å². The zero-order valence-corrected chi connectivity index (χ0v) is 10.2. The van der Waals surface area contributed by atoms with Crippen molar-refractivity contribution in [1.29, 1.82) is 0 Å². The van der Waals surface area contributed by atoms with Gasteiger partial charge in [-0.3, -0.25) is 0 Å². The van der Waals surface area contributed by atoms with E-state index in [4.69, 9.17) is 13.9 Å². The molecule has 0 rings (SSSR count). The van der Waals surface area contributed by atoms with Gasteiger partial charge in [-0.05, 0) is 0 Å². The van der Waals surface area contributed by atoms with E-state index >= 15 is 0 Å². The second-order valence-electron chi connectivity index (χ2n) is 1.80. The van der Waals surface area contributed by atoms with E-state index in [0.717, 1.165) is 13.2 Å². The van der Waals surface area contributed by atoms with Crippen molar-refractivity contribution in [2.24, 2.45) is 0 Å². The molecule has 0 spiro atoms. The van der Waals surface area contributed by atoms with Crippen LogP contribution in [0.2, 0.25) is 0 Å². The third-order valence-electron chi connectivity index (χ3n) is 1.01. The molecule has 0 bridgehead atoms. The van der Waals surface area contributed by atoms with Crippen molar-refractivity contribution >= 4 is 19.0 Å². The van der Waals surface area contributed by atoms with Gasteiger partial charge in [-0.2, -0.15) is 0 Å². The Labute approximate surface area is 67.2 Å². The Morgan fingerprint density at radius 1 is 1.20 bits per heavy atom. The van der Waals surface area contributed by atoms with E-state index in [1.54, 1.807) is 7.11 Å². The van der Waals surface area contributed by atoms with E-state index in [-0.39, 0.29) is 9.28 Å². The molecule has 0 aliphatic rings. The summed E-state index contributed by atoms with van der Waals surface area (Å²) in [7, 11) is 2.82. The molecule has 62 valence electrons. The number of ether oxygens (including phenoxy) is 2. The predicted molar refractivity (Wildman–Crippen MR) is 47.1 cm³/mol. The van der Waals surface area contributed by atoms with Crippen molar-refractivity contribution < 1.29 is 13.9 Å². The van der Waals surface area contributed by atoms with Crippen LogP contribution in [0.4, 0.5) is 0 Å². The molecule has 3 nitrogen and oxygen atoms in total. The Morgan fingerprint density at radius 2 is 1.90 bits per heavy atom. The highest BCUT2D eigenvalue weighted by Crippen LogP contribution is 1.76. The van der Waals surface area contributed by atoms with Gasteiger partial charge < -0.3 is 13.9 Å². The summed E-state index contributed by atoms with van der Waals surface area (Å²) in [4.78, 5) is 0. The zero-order chi connectivity index (χ0) is 7.66. The van der Waals surface area contributed by atoms with Gasteiger partial charge in [0.2, 0.25) is 0 Å². The highest BCUT2D eigenvalue weighted by atomic mass is 29.1. The molecule has 0 fully saturated rings. The lowest BCUT2D eigenvalue weighted by Crippen LogP contribution is -2.09. The first-order chi connectivity index (χ1) is 4.91. The predicted octanol–water partition coefficient (Wildman–Crippen LogP) is -1.97. The van der Waals surface area contributed by atoms with Gasteiger partial charge in [0.15, 0.2) is 0 Å². The van der Waals surface area contributed by atoms with Crippen molar-refractivity contribution in [3.05, 3.63) is 0 Å². The van der Waals surface area contributed by atoms with E-state index in [9.17, 15) is 0 Å². The molecule has 0 unspecified atom stereocenters. The molecule has 0 heterocycles. The van der Waals surface area contributed by atoms with Gasteiger partial charge in [-0.25, -0.2) is 0 Å². The van der Waals surface area contributed by atoms with Crippen LogP contribution in [-0.4, -0.2) is 52.6 Å². The van der Waals surface area contributed by atoms with Crippen molar-refractivity contribution in [2.75, 3.05) is 33.5 Å². The summed E-state index contributed by atoms with van der Waals surface area (Å²) in [5, 5.41) is 0. The Bertz CT molecular complexity index is 54.9. The van der Waals surface area contributed by atoms with E-state index in [1.165, 1.54) is 9.76 Å². The first-order valence-electron chi connectivity index (χ1n) is 3.56. The Balaban J connectivity index is 2.65. The molecular formula is C5H16O3Si2. The lowest BCUT2D eigenvalue weighted by Gasteiger charge is -2.02. The summed E-state index contributed by atoms with van der Waals surface area (Å²) in [5.41, 5.74) is 0. The third kappa shape index (κ3) is 8.31. The molecule has 0 aliphatic carbocycles. The fourth-order valence-electron chi connectivity index (χ4n) is 0.507. The quantitative estimate of drug-likeness (QED) is 0.336. The lowest BCUT2D eigenvalue weighted by atomic mass is 10.7. The molecule has 0 radical (unpaired) electrons. The van der Waals surface area contributed by atoms with Crippen LogP contribution in [-0.2, 0) is 13.9 Å². The summed E-state index contributed by atoms with van der Waals surface area (Å²) >= 11 is 0. The van der Waals surface area contributed by atoms with Crippen LogP contribution in [0, 0.1) is 0 Å². The molecule has 0 N–H and O–H groups in total. The van der Waals surface area contributed by atoms with E-state index in [2.05, 4.69) is 0 Å². The van der Waals surface area contributed by atoms with Crippen LogP contribution in [0.15, 0.2) is 0 Å². The molecule has 0 aliphatic heterocycles. The van der Waals surface area contributed by atoms with Crippen molar-refractivity contribution in [2.45, 2.75) is 0 Å². The monoisotopic (exact) mass is 180 g/mol. The van der Waals surface area contributed by atoms with Gasteiger partial charge >= 0.3 is 0 Å². The fraction of sp³-hybridized carbons (Fsp3) is 1.00. The number of hydrogen-bond donors (Lipinski definition) is 0. The maximum atomic E-state index is 5.25. The molecular weight excluding hydrogens is 164 g/mol. The van der Waals surface area contributed by atoms with Crippen molar-refractivity contribution in [3.8, 4) is 0 Å². The largest absolute Gasteiger partial charge is 0.426 e. The average molecular weight is 180 g/mol. The Morgan fingerprint density at radius 3 is 2.50 bits per heavy atom. The van der Waals surface area contributed by atoms with Crippen molar-refractivity contribution in [1.82, 2.24) is 0 Å². The van der Waals surface area contributed by atoms with Gasteiger partial charge in [0.25, 0.3) is 0 Å². The second-order valence-corrected chi connectivity index (χ2v) is 4.52. The van der Waals surface area contributed by atoms with E-state index < -0.39 is 0 Å². The van der Waals surface area contributed by atoms with Crippen molar-refractivity contribution in [3.63, 3.8) is 0 Å². The van der Waals surface area contributed by atoms with Gasteiger partial charge in [-0.1, -0.05) is 0 Å². The summed E-state index contributed by atoms with van der Waals surface area (Å²) < 4.78 is 15.2. The first-order valence-corrected chi connectivity index (χ1v) is 9.79. The van der Waals surface area contributed by atoms with Gasteiger partial charge in [0, 0.05) is 16.9 Å². The second kappa shape index (κ2) is 9.31. The van der Waals surface area contributed by atoms with E-state index in [1.807, 2.05) is 0 Å². The maximum absolute atomic E-state index is 5.25. The molecule has 0 saturated heterocycles. The number of methoxy groups -OCH3 is 1. The summed E-state index contributed by atoms with van der Waals surface area (Å²) in [5.74, 6) is 0. The minimum Gasteiger partial charge on any atom is -0.426 e. The number of hydrogen-bond acceptors (Lipinski definition) is 3. The molecule has 0 aromatic rings. The first kappa shape index (κ1) is 10.3. The molecule has 10 heavy (non-hydrogen) atoms. The molecule has 5 heteroatoms. The smallest absolute Gasteiger partial charge is 0.139 e. The zero-order valence-electron chi connectivity index (χ0n) is 6.76. The minimum atomic E-state index is -0.0978. The van der Waals surface area contributed by atoms with Crippen LogP contribution < -0.4 is 0 Å². The normalized spacial score (nSPS) is 11.7. The Hall–Kier alpha value is 0.314. The van der Waals surface area contributed by atoms with Crippen LogP contribution >= 0.6 is 0 Å². The van der Waals surface area contributed by atoms with Crippen LogP contribution in [0.5, 0.6) is 0 Å². The van der Waals surface area contributed by atoms with Gasteiger partial charge in [0.1, 0.15) is 9.28 Å². The standard InChI is InChI=1S/C5H16O3Si2/c1-6-2-3-7-4-5-8-10-9/h2-5,10H2,1,9H3. The molecule has 0 amide bonds.